The first kappa shape index (κ1) is 18.3. The van der Waals surface area contributed by atoms with Crippen LogP contribution >= 0.6 is 0 Å². The topological polar surface area (TPSA) is 73.9 Å². The smallest absolute Gasteiger partial charge is 0.258 e. The lowest BCUT2D eigenvalue weighted by Crippen LogP contribution is -2.31. The van der Waals surface area contributed by atoms with Gasteiger partial charge in [-0.1, -0.05) is 12.1 Å². The Morgan fingerprint density at radius 3 is 2.56 bits per heavy atom. The zero-order chi connectivity index (χ0) is 18.2. The van der Waals surface area contributed by atoms with Gasteiger partial charge in [0.2, 0.25) is 0 Å². The van der Waals surface area contributed by atoms with Gasteiger partial charge in [0, 0.05) is 5.56 Å². The van der Waals surface area contributed by atoms with Crippen molar-refractivity contribution in [3.05, 3.63) is 53.6 Å². The van der Waals surface area contributed by atoms with Crippen molar-refractivity contribution in [2.45, 2.75) is 13.0 Å². The summed E-state index contributed by atoms with van der Waals surface area (Å²) in [5, 5.41) is 2.84. The minimum absolute atomic E-state index is 0.193. The molecule has 0 aliphatic carbocycles. The number of para-hydroxylation sites is 1. The summed E-state index contributed by atoms with van der Waals surface area (Å²) in [4.78, 5) is 23.1. The largest absolute Gasteiger partial charge is 0.497 e. The van der Waals surface area contributed by atoms with Gasteiger partial charge in [0.25, 0.3) is 5.91 Å². The Kier molecular flexibility index (Phi) is 6.39. The molecule has 0 spiro atoms. The Morgan fingerprint density at radius 1 is 1.12 bits per heavy atom. The highest BCUT2D eigenvalue weighted by Gasteiger charge is 2.16. The number of hydrogen-bond donors (Lipinski definition) is 1. The SMILES string of the molecule is COc1ccc(OC)c([C@@H](C)NC(=O)COc2ccccc2C=O)c1. The third kappa shape index (κ3) is 4.73. The molecule has 0 saturated carbocycles. The fraction of sp³-hybridized carbons (Fsp3) is 0.263. The predicted molar refractivity (Wildman–Crippen MR) is 93.4 cm³/mol. The van der Waals surface area contributed by atoms with Gasteiger partial charge in [0.15, 0.2) is 12.9 Å². The van der Waals surface area contributed by atoms with Crippen LogP contribution in [-0.4, -0.2) is 33.0 Å². The fourth-order valence-electron chi connectivity index (χ4n) is 2.39. The van der Waals surface area contributed by atoms with E-state index < -0.39 is 0 Å². The molecule has 0 saturated heterocycles. The van der Waals surface area contributed by atoms with E-state index in [0.717, 1.165) is 5.56 Å². The second-order valence-corrected chi connectivity index (χ2v) is 5.34. The normalized spacial score (nSPS) is 11.3. The van der Waals surface area contributed by atoms with E-state index in [1.54, 1.807) is 50.6 Å². The van der Waals surface area contributed by atoms with Gasteiger partial charge in [-0.25, -0.2) is 0 Å². The van der Waals surface area contributed by atoms with Crippen molar-refractivity contribution in [3.63, 3.8) is 0 Å². The molecular formula is C19H21NO5. The van der Waals surface area contributed by atoms with E-state index in [9.17, 15) is 9.59 Å². The molecule has 0 radical (unpaired) electrons. The van der Waals surface area contributed by atoms with E-state index in [0.29, 0.717) is 29.1 Å². The molecule has 0 aliphatic heterocycles. The quantitative estimate of drug-likeness (QED) is 0.746. The summed E-state index contributed by atoms with van der Waals surface area (Å²) in [6, 6.07) is 11.8. The van der Waals surface area contributed by atoms with Gasteiger partial charge in [-0.15, -0.1) is 0 Å². The van der Waals surface area contributed by atoms with Crippen LogP contribution in [0.5, 0.6) is 17.2 Å². The summed E-state index contributed by atoms with van der Waals surface area (Å²) in [7, 11) is 3.15. The molecule has 0 bridgehead atoms. The molecule has 6 nitrogen and oxygen atoms in total. The molecule has 0 fully saturated rings. The van der Waals surface area contributed by atoms with E-state index in [4.69, 9.17) is 14.2 Å². The zero-order valence-electron chi connectivity index (χ0n) is 14.4. The van der Waals surface area contributed by atoms with Gasteiger partial charge in [0.05, 0.1) is 25.8 Å². The number of nitrogens with one attached hydrogen (secondary N) is 1. The first-order chi connectivity index (χ1) is 12.1. The van der Waals surface area contributed by atoms with E-state index in [-0.39, 0.29) is 18.6 Å². The minimum atomic E-state index is -0.307. The summed E-state index contributed by atoms with van der Waals surface area (Å²) in [6.07, 6.45) is 0.691. The second-order valence-electron chi connectivity index (χ2n) is 5.34. The molecule has 2 aromatic carbocycles. The van der Waals surface area contributed by atoms with Gasteiger partial charge >= 0.3 is 0 Å². The molecule has 0 heterocycles. The lowest BCUT2D eigenvalue weighted by Gasteiger charge is -2.18. The van der Waals surface area contributed by atoms with Crippen LogP contribution in [0.2, 0.25) is 0 Å². The number of carbonyl (C=O) groups excluding carboxylic acids is 2. The minimum Gasteiger partial charge on any atom is -0.497 e. The van der Waals surface area contributed by atoms with Crippen LogP contribution in [-0.2, 0) is 4.79 Å². The average Bonchev–Trinajstić information content (AvgIpc) is 2.65. The van der Waals surface area contributed by atoms with Crippen molar-refractivity contribution in [3.8, 4) is 17.2 Å². The zero-order valence-corrected chi connectivity index (χ0v) is 14.4. The Bertz CT molecular complexity index is 744. The second kappa shape index (κ2) is 8.73. The molecule has 132 valence electrons. The van der Waals surface area contributed by atoms with Crippen LogP contribution in [0.3, 0.4) is 0 Å². The summed E-state index contributed by atoms with van der Waals surface area (Å²) in [5.41, 5.74) is 1.20. The number of aldehydes is 1. The first-order valence-electron chi connectivity index (χ1n) is 7.77. The summed E-state index contributed by atoms with van der Waals surface area (Å²) in [5.74, 6) is 1.39. The molecule has 1 amide bonds. The van der Waals surface area contributed by atoms with Crippen molar-refractivity contribution in [1.82, 2.24) is 5.32 Å². The van der Waals surface area contributed by atoms with Crippen molar-refractivity contribution < 1.29 is 23.8 Å². The molecule has 25 heavy (non-hydrogen) atoms. The molecule has 6 heteroatoms. The maximum absolute atomic E-state index is 12.2. The van der Waals surface area contributed by atoms with Crippen LogP contribution in [0.25, 0.3) is 0 Å². The lowest BCUT2D eigenvalue weighted by atomic mass is 10.1. The van der Waals surface area contributed by atoms with Crippen molar-refractivity contribution >= 4 is 12.2 Å². The highest BCUT2D eigenvalue weighted by molar-refractivity contribution is 5.81. The van der Waals surface area contributed by atoms with Gasteiger partial charge in [-0.2, -0.15) is 0 Å². The molecule has 0 aromatic heterocycles. The van der Waals surface area contributed by atoms with Gasteiger partial charge < -0.3 is 19.5 Å². The van der Waals surface area contributed by atoms with Crippen LogP contribution < -0.4 is 19.5 Å². The molecular weight excluding hydrogens is 322 g/mol. The maximum Gasteiger partial charge on any atom is 0.258 e. The Labute approximate surface area is 146 Å². The molecule has 0 aliphatic rings. The third-order valence-corrected chi connectivity index (χ3v) is 3.69. The monoisotopic (exact) mass is 343 g/mol. The van der Waals surface area contributed by atoms with Crippen molar-refractivity contribution in [2.24, 2.45) is 0 Å². The van der Waals surface area contributed by atoms with Crippen LogP contribution in [0.15, 0.2) is 42.5 Å². The van der Waals surface area contributed by atoms with Gasteiger partial charge in [-0.3, -0.25) is 9.59 Å². The molecule has 2 rings (SSSR count). The molecule has 1 atom stereocenters. The van der Waals surface area contributed by atoms with Crippen LogP contribution in [0, 0.1) is 0 Å². The lowest BCUT2D eigenvalue weighted by molar-refractivity contribution is -0.123. The van der Waals surface area contributed by atoms with E-state index in [2.05, 4.69) is 5.32 Å². The average molecular weight is 343 g/mol. The highest BCUT2D eigenvalue weighted by atomic mass is 16.5. The molecule has 0 unspecified atom stereocenters. The molecule has 2 aromatic rings. The van der Waals surface area contributed by atoms with E-state index >= 15 is 0 Å². The third-order valence-electron chi connectivity index (χ3n) is 3.69. The van der Waals surface area contributed by atoms with Gasteiger partial charge in [-0.05, 0) is 37.3 Å². The highest BCUT2D eigenvalue weighted by Crippen LogP contribution is 2.29. The Hall–Kier alpha value is -3.02. The van der Waals surface area contributed by atoms with E-state index in [1.165, 1.54) is 0 Å². The number of amides is 1. The van der Waals surface area contributed by atoms with Crippen molar-refractivity contribution in [2.75, 3.05) is 20.8 Å². The number of rotatable bonds is 8. The Morgan fingerprint density at radius 2 is 1.88 bits per heavy atom. The van der Waals surface area contributed by atoms with Crippen molar-refractivity contribution in [1.29, 1.82) is 0 Å². The maximum atomic E-state index is 12.2. The summed E-state index contributed by atoms with van der Waals surface area (Å²) >= 11 is 0. The van der Waals surface area contributed by atoms with Crippen LogP contribution in [0.1, 0.15) is 28.9 Å². The van der Waals surface area contributed by atoms with Gasteiger partial charge in [0.1, 0.15) is 17.2 Å². The number of methoxy groups -OCH3 is 2. The number of ether oxygens (including phenoxy) is 3. The standard InChI is InChI=1S/C19H21NO5/c1-13(16-10-15(23-2)8-9-18(16)24-3)20-19(22)12-25-17-7-5-4-6-14(17)11-21/h4-11,13H,12H2,1-3H3,(H,20,22)/t13-/m1/s1. The van der Waals surface area contributed by atoms with E-state index in [1.807, 2.05) is 13.0 Å². The summed E-state index contributed by atoms with van der Waals surface area (Å²) in [6.45, 7) is 1.65. The number of hydrogen-bond acceptors (Lipinski definition) is 5. The number of benzene rings is 2. The Balaban J connectivity index is 2.01. The molecule has 1 N–H and O–H groups in total. The fourth-order valence-corrected chi connectivity index (χ4v) is 2.39. The predicted octanol–water partition coefficient (Wildman–Crippen LogP) is 2.77. The van der Waals surface area contributed by atoms with Crippen LogP contribution in [0.4, 0.5) is 0 Å². The number of carbonyl (C=O) groups is 2. The first-order valence-corrected chi connectivity index (χ1v) is 7.77. The summed E-state index contributed by atoms with van der Waals surface area (Å²) < 4.78 is 16.0.